The molecule has 0 saturated heterocycles. The van der Waals surface area contributed by atoms with E-state index in [-0.39, 0.29) is 28.5 Å². The summed E-state index contributed by atoms with van der Waals surface area (Å²) < 4.78 is 2.76. The zero-order valence-electron chi connectivity index (χ0n) is 37.2. The van der Waals surface area contributed by atoms with Crippen LogP contribution in [0, 0.1) is 13.8 Å². The van der Waals surface area contributed by atoms with E-state index in [1.165, 1.54) is 130 Å². The summed E-state index contributed by atoms with van der Waals surface area (Å²) >= 11 is 1.99. The molecule has 300 valence electrons. The summed E-state index contributed by atoms with van der Waals surface area (Å²) in [5.41, 5.74) is 22.2. The average molecular weight is 801 g/mol. The Balaban J connectivity index is 1.24. The van der Waals surface area contributed by atoms with Crippen LogP contribution in [-0.2, 0) is 21.7 Å². The van der Waals surface area contributed by atoms with Crippen molar-refractivity contribution in [2.24, 2.45) is 0 Å². The lowest BCUT2D eigenvalue weighted by molar-refractivity contribution is 0.332. The van der Waals surface area contributed by atoms with E-state index in [0.29, 0.717) is 0 Å². The van der Waals surface area contributed by atoms with Gasteiger partial charge in [-0.3, -0.25) is 0 Å². The van der Waals surface area contributed by atoms with Crippen molar-refractivity contribution < 1.29 is 0 Å². The number of benzene rings is 6. The van der Waals surface area contributed by atoms with Gasteiger partial charge in [0.2, 0.25) is 0 Å². The van der Waals surface area contributed by atoms with Crippen molar-refractivity contribution in [3.05, 3.63) is 149 Å². The number of hydrogen-bond donors (Lipinski definition) is 0. The van der Waals surface area contributed by atoms with Crippen molar-refractivity contribution in [1.82, 2.24) is 0 Å². The zero-order valence-corrected chi connectivity index (χ0v) is 38.0. The first-order valence-electron chi connectivity index (χ1n) is 22.3. The van der Waals surface area contributed by atoms with Gasteiger partial charge in [-0.25, -0.2) is 0 Å². The Morgan fingerprint density at radius 1 is 0.517 bits per heavy atom. The van der Waals surface area contributed by atoms with Crippen LogP contribution in [0.5, 0.6) is 0 Å². The van der Waals surface area contributed by atoms with Crippen molar-refractivity contribution >= 4 is 66.9 Å². The lowest BCUT2D eigenvalue weighted by Crippen LogP contribution is -2.60. The van der Waals surface area contributed by atoms with Gasteiger partial charge in [-0.1, -0.05) is 128 Å². The molecule has 11 rings (SSSR count). The summed E-state index contributed by atoms with van der Waals surface area (Å²) in [6, 6.07) is 45.0. The predicted molar refractivity (Wildman–Crippen MR) is 261 cm³/mol. The minimum atomic E-state index is 0.000367. The summed E-state index contributed by atoms with van der Waals surface area (Å²) in [6.07, 6.45) is 4.79. The zero-order chi connectivity index (χ0) is 41.7. The lowest BCUT2D eigenvalue weighted by atomic mass is 9.46. The van der Waals surface area contributed by atoms with Crippen LogP contribution in [0.2, 0.25) is 0 Å². The van der Waals surface area contributed by atoms with E-state index in [0.717, 1.165) is 0 Å². The molecule has 0 atom stereocenters. The van der Waals surface area contributed by atoms with Gasteiger partial charge in [0.1, 0.15) is 0 Å². The molecule has 0 unspecified atom stereocenters. The maximum atomic E-state index is 2.74. The number of rotatable bonds is 3. The molecular weight excluding hydrogens is 744 g/mol. The van der Waals surface area contributed by atoms with Gasteiger partial charge in [0.25, 0.3) is 0 Å². The Labute approximate surface area is 362 Å². The van der Waals surface area contributed by atoms with Gasteiger partial charge in [-0.2, -0.15) is 0 Å². The normalized spacial score (nSPS) is 18.7. The van der Waals surface area contributed by atoms with Crippen molar-refractivity contribution in [2.75, 3.05) is 9.71 Å². The number of anilines is 5. The highest BCUT2D eigenvalue weighted by atomic mass is 32.1. The first-order chi connectivity index (χ1) is 28.5. The van der Waals surface area contributed by atoms with E-state index < -0.39 is 0 Å². The first-order valence-corrected chi connectivity index (χ1v) is 23.1. The van der Waals surface area contributed by atoms with E-state index in [1.54, 1.807) is 0 Å². The molecule has 1 aromatic heterocycles. The molecule has 0 radical (unpaired) electrons. The van der Waals surface area contributed by atoms with Gasteiger partial charge in [0.15, 0.2) is 0 Å². The maximum absolute atomic E-state index is 2.74. The smallest absolute Gasteiger partial charge is 0.343 e. The largest absolute Gasteiger partial charge is 0.376 e. The third-order valence-electron chi connectivity index (χ3n) is 15.3. The molecule has 0 fully saturated rings. The highest BCUT2D eigenvalue weighted by molar-refractivity contribution is 7.32. The van der Waals surface area contributed by atoms with Crippen LogP contribution in [0.25, 0.3) is 32.3 Å². The molecule has 2 aliphatic heterocycles. The predicted octanol–water partition coefficient (Wildman–Crippen LogP) is 14.6. The summed E-state index contributed by atoms with van der Waals surface area (Å²) in [5.74, 6) is 0. The molecule has 3 heterocycles. The monoisotopic (exact) mass is 800 g/mol. The Morgan fingerprint density at radius 2 is 1.15 bits per heavy atom. The second-order valence-corrected chi connectivity index (χ2v) is 22.3. The SMILES string of the molecule is Cc1cc2c3c(c1)N(c1cc4c(cc1C)C(C)(C)CCC4(C)C)c1c(sc4ccccc14)B3N(c1ccc3c(c1)C(C)(C)CCC3(C)C)c1ccc(-c3ccccc3)cc1-2. The molecular formula is C56H57BN2S. The van der Waals surface area contributed by atoms with Gasteiger partial charge in [-0.15, -0.1) is 11.3 Å². The Hall–Kier alpha value is -5.06. The molecule has 2 nitrogen and oxygen atoms in total. The second-order valence-electron chi connectivity index (χ2n) is 21.2. The van der Waals surface area contributed by atoms with Crippen LogP contribution < -0.4 is 20.0 Å². The molecule has 2 aliphatic carbocycles. The van der Waals surface area contributed by atoms with E-state index in [1.807, 2.05) is 11.3 Å². The van der Waals surface area contributed by atoms with E-state index in [9.17, 15) is 0 Å². The van der Waals surface area contributed by atoms with Gasteiger partial charge in [-0.05, 0) is 159 Å². The van der Waals surface area contributed by atoms with E-state index in [4.69, 9.17) is 0 Å². The van der Waals surface area contributed by atoms with E-state index in [2.05, 4.69) is 194 Å². The molecule has 7 aromatic rings. The molecule has 6 aromatic carbocycles. The van der Waals surface area contributed by atoms with Crippen molar-refractivity contribution in [1.29, 1.82) is 0 Å². The molecule has 4 aliphatic rings. The highest BCUT2D eigenvalue weighted by Gasteiger charge is 2.48. The van der Waals surface area contributed by atoms with Crippen LogP contribution >= 0.6 is 11.3 Å². The molecule has 4 heteroatoms. The standard InChI is InChI=1S/C56H57BN2S/c1-34-28-41-40-31-37(36-16-12-11-13-17-36)20-23-46(40)59(38-21-22-42-44(32-38)55(7,8)25-24-53(42,3)4)57-50(41)48(29-34)58(51-39-18-14-15-19-49(39)60-52(51)57)47-33-45-43(30-35(47)2)54(5,6)26-27-56(45,9)10/h11-23,28-33H,24-27H2,1-10H3. The minimum absolute atomic E-state index is 0.000367. The minimum Gasteiger partial charge on any atom is -0.376 e. The fraction of sp³-hybridized carbons (Fsp3) is 0.321. The Bertz CT molecular complexity index is 2930. The van der Waals surface area contributed by atoms with Crippen LogP contribution in [0.3, 0.4) is 0 Å². The van der Waals surface area contributed by atoms with Crippen molar-refractivity contribution in [3.8, 4) is 22.3 Å². The van der Waals surface area contributed by atoms with Crippen molar-refractivity contribution in [2.45, 2.75) is 117 Å². The third kappa shape index (κ3) is 5.45. The lowest BCUT2D eigenvalue weighted by Gasteiger charge is -2.47. The van der Waals surface area contributed by atoms with Crippen LogP contribution in [0.4, 0.5) is 28.4 Å². The number of fused-ring (bicyclic) bond motifs is 8. The number of thiophene rings is 1. The van der Waals surface area contributed by atoms with Gasteiger partial charge in [0.05, 0.1) is 5.69 Å². The summed E-state index contributed by atoms with van der Waals surface area (Å²) in [6.45, 7) is 24.3. The number of hydrogen-bond acceptors (Lipinski definition) is 3. The van der Waals surface area contributed by atoms with Crippen LogP contribution in [0.15, 0.2) is 115 Å². The fourth-order valence-corrected chi connectivity index (χ4v) is 12.9. The fourth-order valence-electron chi connectivity index (χ4n) is 11.6. The van der Waals surface area contributed by atoms with Gasteiger partial charge >= 0.3 is 6.85 Å². The third-order valence-corrected chi connectivity index (χ3v) is 16.5. The highest BCUT2D eigenvalue weighted by Crippen LogP contribution is 2.55. The summed E-state index contributed by atoms with van der Waals surface area (Å²) in [7, 11) is 0. The topological polar surface area (TPSA) is 6.48 Å². The molecule has 0 bridgehead atoms. The number of nitrogens with zero attached hydrogens (tertiary/aromatic N) is 2. The van der Waals surface area contributed by atoms with E-state index >= 15 is 0 Å². The molecule has 0 saturated carbocycles. The first kappa shape index (κ1) is 37.9. The second kappa shape index (κ2) is 12.7. The molecule has 0 N–H and O–H groups in total. The Morgan fingerprint density at radius 3 is 1.87 bits per heavy atom. The molecule has 60 heavy (non-hydrogen) atoms. The van der Waals surface area contributed by atoms with Gasteiger partial charge in [0, 0.05) is 43.2 Å². The summed E-state index contributed by atoms with van der Waals surface area (Å²) in [4.78, 5) is 5.44. The van der Waals surface area contributed by atoms with Gasteiger partial charge < -0.3 is 9.71 Å². The maximum Gasteiger partial charge on any atom is 0.343 e. The average Bonchev–Trinajstić information content (AvgIpc) is 3.61. The molecule has 0 amide bonds. The summed E-state index contributed by atoms with van der Waals surface area (Å²) in [5, 5.41) is 1.33. The Kier molecular flexibility index (Phi) is 8.05. The number of aryl methyl sites for hydroxylation is 2. The molecule has 0 spiro atoms. The van der Waals surface area contributed by atoms with Crippen molar-refractivity contribution in [3.63, 3.8) is 0 Å². The van der Waals surface area contributed by atoms with Crippen LogP contribution in [0.1, 0.15) is 114 Å². The quantitative estimate of drug-likeness (QED) is 0.164. The van der Waals surface area contributed by atoms with Crippen LogP contribution in [-0.4, -0.2) is 6.85 Å².